The van der Waals surface area contributed by atoms with Crippen LogP contribution >= 0.6 is 11.3 Å². The maximum absolute atomic E-state index is 11.6. The predicted octanol–water partition coefficient (Wildman–Crippen LogP) is 2.38. The van der Waals surface area contributed by atoms with Crippen LogP contribution in [0.1, 0.15) is 10.4 Å². The molecule has 0 bridgehead atoms. The van der Waals surface area contributed by atoms with Crippen LogP contribution in [0, 0.1) is 10.1 Å². The van der Waals surface area contributed by atoms with Gasteiger partial charge in [-0.25, -0.2) is 0 Å². The first-order valence-corrected chi connectivity index (χ1v) is 6.56. The Morgan fingerprint density at radius 1 is 1.45 bits per heavy atom. The lowest BCUT2D eigenvalue weighted by Gasteiger charge is -2.00. The van der Waals surface area contributed by atoms with E-state index in [4.69, 9.17) is 0 Å². The number of carbonyl (C=O) groups is 1. The van der Waals surface area contributed by atoms with Crippen LogP contribution in [0.5, 0.6) is 0 Å². The fourth-order valence-corrected chi connectivity index (χ4v) is 2.16. The smallest absolute Gasteiger partial charge is 0.324 e. The second kappa shape index (κ2) is 6.58. The molecule has 20 heavy (non-hydrogen) atoms. The monoisotopic (exact) mass is 289 g/mol. The first-order valence-electron chi connectivity index (χ1n) is 5.74. The van der Waals surface area contributed by atoms with Crippen molar-refractivity contribution >= 4 is 28.3 Å². The summed E-state index contributed by atoms with van der Waals surface area (Å²) >= 11 is 1.02. The molecule has 102 valence electrons. The van der Waals surface area contributed by atoms with Crippen molar-refractivity contribution in [3.8, 4) is 0 Å². The van der Waals surface area contributed by atoms with Crippen molar-refractivity contribution < 1.29 is 9.72 Å². The van der Waals surface area contributed by atoms with Crippen LogP contribution in [0.25, 0.3) is 6.08 Å². The zero-order valence-corrected chi connectivity index (χ0v) is 11.2. The topological polar surface area (TPSA) is 85.1 Å². The summed E-state index contributed by atoms with van der Waals surface area (Å²) in [5.74, 6) is -0.259. The molecule has 0 aromatic carbocycles. The molecule has 0 aliphatic heterocycles. The Morgan fingerprint density at radius 3 is 2.95 bits per heavy atom. The van der Waals surface area contributed by atoms with Crippen LogP contribution in [-0.2, 0) is 11.3 Å². The van der Waals surface area contributed by atoms with Gasteiger partial charge in [-0.2, -0.15) is 0 Å². The van der Waals surface area contributed by atoms with Crippen molar-refractivity contribution in [1.29, 1.82) is 0 Å². The van der Waals surface area contributed by atoms with Crippen LogP contribution in [-0.4, -0.2) is 15.8 Å². The second-order valence-electron chi connectivity index (χ2n) is 3.85. The Labute approximate surface area is 118 Å². The van der Waals surface area contributed by atoms with Gasteiger partial charge >= 0.3 is 5.00 Å². The normalized spacial score (nSPS) is 10.6. The van der Waals surface area contributed by atoms with Gasteiger partial charge in [-0.05, 0) is 23.8 Å². The van der Waals surface area contributed by atoms with E-state index in [1.807, 2.05) is 6.07 Å². The first-order chi connectivity index (χ1) is 9.65. The Bertz CT molecular complexity index is 637. The van der Waals surface area contributed by atoms with E-state index in [9.17, 15) is 14.9 Å². The fraction of sp³-hybridized carbons (Fsp3) is 0.0769. The van der Waals surface area contributed by atoms with Crippen molar-refractivity contribution in [2.24, 2.45) is 0 Å². The number of nitrogens with one attached hydrogen (secondary N) is 1. The zero-order valence-electron chi connectivity index (χ0n) is 10.4. The SMILES string of the molecule is O=C(/C=C/c1ccc([N+](=O)[O-])s1)NCc1cccnc1. The van der Waals surface area contributed by atoms with E-state index < -0.39 is 4.92 Å². The molecule has 0 fully saturated rings. The number of pyridine rings is 1. The van der Waals surface area contributed by atoms with Crippen molar-refractivity contribution in [2.75, 3.05) is 0 Å². The minimum absolute atomic E-state index is 0.0559. The minimum Gasteiger partial charge on any atom is -0.348 e. The second-order valence-corrected chi connectivity index (χ2v) is 4.94. The number of nitrogens with zero attached hydrogens (tertiary/aromatic N) is 2. The maximum atomic E-state index is 11.6. The Kier molecular flexibility index (Phi) is 4.56. The molecule has 0 aliphatic rings. The van der Waals surface area contributed by atoms with Gasteiger partial charge in [0.05, 0.1) is 4.92 Å². The maximum Gasteiger partial charge on any atom is 0.324 e. The molecule has 2 aromatic rings. The lowest BCUT2D eigenvalue weighted by molar-refractivity contribution is -0.380. The summed E-state index contributed by atoms with van der Waals surface area (Å²) < 4.78 is 0. The number of aromatic nitrogens is 1. The van der Waals surface area contributed by atoms with Crippen molar-refractivity contribution in [2.45, 2.75) is 6.54 Å². The van der Waals surface area contributed by atoms with E-state index in [0.29, 0.717) is 11.4 Å². The summed E-state index contributed by atoms with van der Waals surface area (Å²) in [5.41, 5.74) is 0.904. The molecule has 7 heteroatoms. The number of thiophene rings is 1. The van der Waals surface area contributed by atoms with E-state index >= 15 is 0 Å². The number of carbonyl (C=O) groups excluding carboxylic acids is 1. The molecule has 2 aromatic heterocycles. The molecule has 6 nitrogen and oxygen atoms in total. The Hall–Kier alpha value is -2.54. The van der Waals surface area contributed by atoms with Gasteiger partial charge < -0.3 is 5.32 Å². The Balaban J connectivity index is 1.87. The standard InChI is InChI=1S/C13H11N3O3S/c17-12(15-9-10-2-1-7-14-8-10)5-3-11-4-6-13(20-11)16(18)19/h1-8H,9H2,(H,15,17)/b5-3+. The third kappa shape index (κ3) is 3.99. The third-order valence-electron chi connectivity index (χ3n) is 2.38. The predicted molar refractivity (Wildman–Crippen MR) is 76.1 cm³/mol. The molecule has 0 unspecified atom stereocenters. The van der Waals surface area contributed by atoms with Crippen molar-refractivity contribution in [1.82, 2.24) is 10.3 Å². The zero-order chi connectivity index (χ0) is 14.4. The third-order valence-corrected chi connectivity index (χ3v) is 3.38. The van der Waals surface area contributed by atoms with Gasteiger partial charge in [0.15, 0.2) is 0 Å². The van der Waals surface area contributed by atoms with Crippen LogP contribution in [0.3, 0.4) is 0 Å². The number of amides is 1. The fourth-order valence-electron chi connectivity index (χ4n) is 1.44. The van der Waals surface area contributed by atoms with Crippen molar-refractivity contribution in [3.05, 3.63) is 63.3 Å². The molecule has 0 atom stereocenters. The number of rotatable bonds is 5. The van der Waals surface area contributed by atoms with Gasteiger partial charge in [0.25, 0.3) is 0 Å². The quantitative estimate of drug-likeness (QED) is 0.520. The molecule has 0 spiro atoms. The summed E-state index contributed by atoms with van der Waals surface area (Å²) in [6, 6.07) is 6.67. The highest BCUT2D eigenvalue weighted by Crippen LogP contribution is 2.24. The largest absolute Gasteiger partial charge is 0.348 e. The molecule has 1 N–H and O–H groups in total. The highest BCUT2D eigenvalue weighted by Gasteiger charge is 2.07. The average molecular weight is 289 g/mol. The van der Waals surface area contributed by atoms with Crippen LogP contribution in [0.15, 0.2) is 42.7 Å². The number of nitro groups is 1. The average Bonchev–Trinajstić information content (AvgIpc) is 2.93. The molecule has 2 heterocycles. The lowest BCUT2D eigenvalue weighted by Crippen LogP contribution is -2.20. The van der Waals surface area contributed by atoms with Crippen LogP contribution in [0.2, 0.25) is 0 Å². The lowest BCUT2D eigenvalue weighted by atomic mass is 10.3. The molecule has 1 amide bonds. The summed E-state index contributed by atoms with van der Waals surface area (Å²) in [4.78, 5) is 26.3. The molecule has 0 radical (unpaired) electrons. The summed E-state index contributed by atoms with van der Waals surface area (Å²) in [7, 11) is 0. The highest BCUT2D eigenvalue weighted by molar-refractivity contribution is 7.16. The van der Waals surface area contributed by atoms with Gasteiger partial charge in [0.2, 0.25) is 5.91 Å². The van der Waals surface area contributed by atoms with E-state index in [1.54, 1.807) is 30.6 Å². The van der Waals surface area contributed by atoms with Gasteiger partial charge in [-0.1, -0.05) is 17.4 Å². The van der Waals surface area contributed by atoms with Crippen LogP contribution < -0.4 is 5.32 Å². The van der Waals surface area contributed by atoms with E-state index in [-0.39, 0.29) is 10.9 Å². The van der Waals surface area contributed by atoms with Crippen LogP contribution in [0.4, 0.5) is 5.00 Å². The molecular formula is C13H11N3O3S. The highest BCUT2D eigenvalue weighted by atomic mass is 32.1. The van der Waals surface area contributed by atoms with E-state index in [1.165, 1.54) is 12.1 Å². The molecule has 0 aliphatic carbocycles. The molecule has 2 rings (SSSR count). The molecule has 0 saturated carbocycles. The van der Waals surface area contributed by atoms with E-state index in [0.717, 1.165) is 16.9 Å². The first kappa shape index (κ1) is 13.9. The summed E-state index contributed by atoms with van der Waals surface area (Å²) in [6.45, 7) is 0.390. The van der Waals surface area contributed by atoms with Crippen molar-refractivity contribution in [3.63, 3.8) is 0 Å². The van der Waals surface area contributed by atoms with Gasteiger partial charge in [0, 0.05) is 36.0 Å². The minimum atomic E-state index is -0.454. The Morgan fingerprint density at radius 2 is 2.30 bits per heavy atom. The summed E-state index contributed by atoms with van der Waals surface area (Å²) in [5, 5.41) is 13.3. The van der Waals surface area contributed by atoms with Gasteiger partial charge in [-0.15, -0.1) is 0 Å². The van der Waals surface area contributed by atoms with Gasteiger partial charge in [-0.3, -0.25) is 19.9 Å². The number of hydrogen-bond acceptors (Lipinski definition) is 5. The molecular weight excluding hydrogens is 278 g/mol. The van der Waals surface area contributed by atoms with E-state index in [2.05, 4.69) is 10.3 Å². The molecule has 0 saturated heterocycles. The van der Waals surface area contributed by atoms with Gasteiger partial charge in [0.1, 0.15) is 0 Å². The number of hydrogen-bond donors (Lipinski definition) is 1. The summed E-state index contributed by atoms with van der Waals surface area (Å²) in [6.07, 6.45) is 6.24.